The average molecular weight is 695 g/mol. The first-order chi connectivity index (χ1) is 19.9. The van der Waals surface area contributed by atoms with Crippen molar-refractivity contribution in [1.82, 2.24) is 10.9 Å². The fourth-order valence-electron chi connectivity index (χ4n) is 3.72. The third kappa shape index (κ3) is 15.2. The van der Waals surface area contributed by atoms with Gasteiger partial charge in [0.2, 0.25) is 11.8 Å². The smallest absolute Gasteiger partial charge is 0.240 e. The predicted molar refractivity (Wildman–Crippen MR) is 173 cm³/mol. The average Bonchev–Trinajstić information content (AvgIpc) is 2.95. The first-order valence-corrected chi connectivity index (χ1v) is 16.0. The monoisotopic (exact) mass is 692 g/mol. The normalized spacial score (nSPS) is 11.2. The molecule has 2 aromatic rings. The molecule has 2 aromatic carbocycles. The zero-order chi connectivity index (χ0) is 29.7. The van der Waals surface area contributed by atoms with E-state index in [0.29, 0.717) is 26.1 Å². The van der Waals surface area contributed by atoms with Crippen LogP contribution in [0.1, 0.15) is 95.6 Å². The van der Waals surface area contributed by atoms with Gasteiger partial charge in [-0.3, -0.25) is 9.59 Å². The molecule has 0 atom stereocenters. The Hall–Kier alpha value is -2.72. The summed E-state index contributed by atoms with van der Waals surface area (Å²) in [7, 11) is 0. The van der Waals surface area contributed by atoms with Gasteiger partial charge in [0.1, 0.15) is 11.5 Å². The molecule has 0 bridgehead atoms. The van der Waals surface area contributed by atoms with E-state index in [2.05, 4.69) is 66.8 Å². The second-order valence-corrected chi connectivity index (χ2v) is 11.5. The minimum Gasteiger partial charge on any atom is -0.493 e. The van der Waals surface area contributed by atoms with E-state index in [-0.39, 0.29) is 11.8 Å². The number of halogens is 2. The SMILES string of the molecule is CCCCOc1ccc(Br)cc1C=NNC(=O)CCCCCCCC(=O)NN=Cc1cc(Br)ccc1OCCCC. The number of rotatable bonds is 20. The summed E-state index contributed by atoms with van der Waals surface area (Å²) in [6.07, 6.45) is 12.5. The highest BCUT2D eigenvalue weighted by molar-refractivity contribution is 9.10. The molecule has 0 aliphatic heterocycles. The highest BCUT2D eigenvalue weighted by Gasteiger charge is 2.06. The molecule has 2 rings (SSSR count). The van der Waals surface area contributed by atoms with E-state index in [1.165, 1.54) is 0 Å². The molecule has 0 aliphatic rings. The van der Waals surface area contributed by atoms with Crippen LogP contribution >= 0.6 is 31.9 Å². The van der Waals surface area contributed by atoms with Crippen molar-refractivity contribution < 1.29 is 19.1 Å². The van der Waals surface area contributed by atoms with Crippen molar-refractivity contribution in [2.24, 2.45) is 10.2 Å². The zero-order valence-electron chi connectivity index (χ0n) is 24.1. The predicted octanol–water partition coefficient (Wildman–Crippen LogP) is 7.90. The molecule has 2 amide bonds. The number of unbranched alkanes of at least 4 members (excludes halogenated alkanes) is 6. The van der Waals surface area contributed by atoms with Crippen LogP contribution in [0.2, 0.25) is 0 Å². The second kappa shape index (κ2) is 21.1. The number of hydrazone groups is 2. The van der Waals surface area contributed by atoms with E-state index < -0.39 is 0 Å². The molecule has 0 saturated carbocycles. The molecule has 0 aliphatic carbocycles. The lowest BCUT2D eigenvalue weighted by Crippen LogP contribution is -2.17. The van der Waals surface area contributed by atoms with Crippen LogP contribution in [0.25, 0.3) is 0 Å². The fraction of sp³-hybridized carbons (Fsp3) is 0.484. The Morgan fingerprint density at radius 2 is 1.10 bits per heavy atom. The van der Waals surface area contributed by atoms with Gasteiger partial charge in [0.15, 0.2) is 0 Å². The van der Waals surface area contributed by atoms with Gasteiger partial charge in [-0.05, 0) is 62.1 Å². The number of amides is 2. The van der Waals surface area contributed by atoms with E-state index >= 15 is 0 Å². The van der Waals surface area contributed by atoms with Crippen molar-refractivity contribution in [3.8, 4) is 11.5 Å². The van der Waals surface area contributed by atoms with Crippen LogP contribution in [-0.2, 0) is 9.59 Å². The summed E-state index contributed by atoms with van der Waals surface area (Å²) in [6.45, 7) is 5.52. The fourth-order valence-corrected chi connectivity index (χ4v) is 4.47. The quantitative estimate of drug-likeness (QED) is 0.0836. The van der Waals surface area contributed by atoms with E-state index in [9.17, 15) is 9.59 Å². The summed E-state index contributed by atoms with van der Waals surface area (Å²) in [4.78, 5) is 24.3. The highest BCUT2D eigenvalue weighted by atomic mass is 79.9. The number of ether oxygens (including phenoxy) is 2. The maximum Gasteiger partial charge on any atom is 0.240 e. The molecule has 0 unspecified atom stereocenters. The molecule has 41 heavy (non-hydrogen) atoms. The number of nitrogens with one attached hydrogen (secondary N) is 2. The van der Waals surface area contributed by atoms with E-state index in [0.717, 1.165) is 89.4 Å². The van der Waals surface area contributed by atoms with Gasteiger partial charge in [-0.25, -0.2) is 10.9 Å². The number of benzene rings is 2. The van der Waals surface area contributed by atoms with Gasteiger partial charge in [0.05, 0.1) is 25.6 Å². The van der Waals surface area contributed by atoms with Gasteiger partial charge in [-0.1, -0.05) is 77.8 Å². The molecule has 0 radical (unpaired) electrons. The first-order valence-electron chi connectivity index (χ1n) is 14.4. The van der Waals surface area contributed by atoms with Gasteiger partial charge in [-0.15, -0.1) is 0 Å². The largest absolute Gasteiger partial charge is 0.493 e. The molecule has 0 aromatic heterocycles. The van der Waals surface area contributed by atoms with E-state index in [1.54, 1.807) is 12.4 Å². The number of carbonyl (C=O) groups excluding carboxylic acids is 2. The summed E-state index contributed by atoms with van der Waals surface area (Å²) in [6, 6.07) is 11.4. The van der Waals surface area contributed by atoms with Crippen molar-refractivity contribution in [3.63, 3.8) is 0 Å². The lowest BCUT2D eigenvalue weighted by atomic mass is 10.1. The van der Waals surface area contributed by atoms with Gasteiger partial charge in [0.25, 0.3) is 0 Å². The van der Waals surface area contributed by atoms with Crippen molar-refractivity contribution >= 4 is 56.1 Å². The third-order valence-electron chi connectivity index (χ3n) is 6.05. The number of nitrogens with zero attached hydrogens (tertiary/aromatic N) is 2. The zero-order valence-corrected chi connectivity index (χ0v) is 27.3. The lowest BCUT2D eigenvalue weighted by Gasteiger charge is -2.09. The molecule has 224 valence electrons. The summed E-state index contributed by atoms with van der Waals surface area (Å²) >= 11 is 6.92. The van der Waals surface area contributed by atoms with Crippen molar-refractivity contribution in [2.75, 3.05) is 13.2 Å². The summed E-state index contributed by atoms with van der Waals surface area (Å²) < 4.78 is 13.5. The number of hydrogen-bond acceptors (Lipinski definition) is 6. The van der Waals surface area contributed by atoms with Crippen molar-refractivity contribution in [1.29, 1.82) is 0 Å². The Balaban J connectivity index is 1.59. The van der Waals surface area contributed by atoms with Crippen LogP contribution in [0.15, 0.2) is 55.5 Å². The summed E-state index contributed by atoms with van der Waals surface area (Å²) in [5, 5.41) is 8.20. The Morgan fingerprint density at radius 3 is 1.51 bits per heavy atom. The Bertz CT molecular complexity index is 1050. The Kier molecular flexibility index (Phi) is 17.7. The molecule has 10 heteroatoms. The van der Waals surface area contributed by atoms with Gasteiger partial charge in [0, 0.05) is 32.9 Å². The van der Waals surface area contributed by atoms with Gasteiger partial charge in [-0.2, -0.15) is 10.2 Å². The molecular weight excluding hydrogens is 652 g/mol. The van der Waals surface area contributed by atoms with Crippen molar-refractivity contribution in [2.45, 2.75) is 84.5 Å². The Labute approximate surface area is 261 Å². The number of hydrogen-bond donors (Lipinski definition) is 2. The molecule has 0 saturated heterocycles. The maximum atomic E-state index is 12.1. The molecule has 2 N–H and O–H groups in total. The summed E-state index contributed by atoms with van der Waals surface area (Å²) in [5.41, 5.74) is 6.80. The van der Waals surface area contributed by atoms with Gasteiger partial charge < -0.3 is 9.47 Å². The van der Waals surface area contributed by atoms with E-state index in [1.807, 2.05) is 36.4 Å². The minimum atomic E-state index is -0.119. The van der Waals surface area contributed by atoms with Crippen LogP contribution in [0.5, 0.6) is 11.5 Å². The topological polar surface area (TPSA) is 101 Å². The minimum absolute atomic E-state index is 0.119. The van der Waals surface area contributed by atoms with Crippen molar-refractivity contribution in [3.05, 3.63) is 56.5 Å². The van der Waals surface area contributed by atoms with E-state index in [4.69, 9.17) is 9.47 Å². The third-order valence-corrected chi connectivity index (χ3v) is 7.03. The van der Waals surface area contributed by atoms with Crippen LogP contribution < -0.4 is 20.3 Å². The van der Waals surface area contributed by atoms with Crippen LogP contribution in [0.4, 0.5) is 0 Å². The summed E-state index contributed by atoms with van der Waals surface area (Å²) in [5.74, 6) is 1.25. The molecule has 0 spiro atoms. The van der Waals surface area contributed by atoms with Crippen LogP contribution in [0, 0.1) is 0 Å². The second-order valence-electron chi connectivity index (χ2n) is 9.62. The maximum absolute atomic E-state index is 12.1. The molecule has 0 heterocycles. The standard InChI is InChI=1S/C31H42Br2N4O4/c1-3-5-18-40-28-16-14-26(32)20-24(28)22-34-36-30(38)12-10-8-7-9-11-13-31(39)37-35-23-25-21-27(33)15-17-29(25)41-19-6-4-2/h14-17,20-23H,3-13,18-19H2,1-2H3,(H,36,38)(H,37,39). The Morgan fingerprint density at radius 1 is 0.683 bits per heavy atom. The molecule has 8 nitrogen and oxygen atoms in total. The van der Waals surface area contributed by atoms with Crippen LogP contribution in [0.3, 0.4) is 0 Å². The van der Waals surface area contributed by atoms with Gasteiger partial charge >= 0.3 is 0 Å². The first kappa shape index (κ1) is 34.5. The highest BCUT2D eigenvalue weighted by Crippen LogP contribution is 2.23. The molecular formula is C31H42Br2N4O4. The lowest BCUT2D eigenvalue weighted by molar-refractivity contribution is -0.121. The molecule has 0 fully saturated rings. The number of carbonyl (C=O) groups is 2. The van der Waals surface area contributed by atoms with Crippen LogP contribution in [-0.4, -0.2) is 37.5 Å².